The molecule has 0 fully saturated rings. The number of aryl methyl sites for hydroxylation is 1. The van der Waals surface area contributed by atoms with Gasteiger partial charge in [0.2, 0.25) is 0 Å². The van der Waals surface area contributed by atoms with E-state index < -0.39 is 5.41 Å². The summed E-state index contributed by atoms with van der Waals surface area (Å²) < 4.78 is 0. The summed E-state index contributed by atoms with van der Waals surface area (Å²) in [5.41, 5.74) is 7.42. The third kappa shape index (κ3) is 3.42. The molecular weight excluding hydrogens is 504 g/mol. The summed E-state index contributed by atoms with van der Waals surface area (Å²) in [7, 11) is 0. The van der Waals surface area contributed by atoms with Crippen molar-refractivity contribution in [3.8, 4) is 0 Å². The molecule has 0 atom stereocenters. The molecule has 7 aromatic carbocycles. The fourth-order valence-corrected chi connectivity index (χ4v) is 8.18. The summed E-state index contributed by atoms with van der Waals surface area (Å²) in [5.74, 6) is 0. The van der Waals surface area contributed by atoms with Crippen LogP contribution in [0.4, 0.5) is 0 Å². The van der Waals surface area contributed by atoms with E-state index in [-0.39, 0.29) is 5.41 Å². The number of hydrogen-bond donors (Lipinski definition) is 0. The fourth-order valence-electron chi connectivity index (χ4n) is 8.18. The Morgan fingerprint density at radius 3 is 1.40 bits per heavy atom. The maximum absolute atomic E-state index is 2.46. The molecule has 0 nitrogen and oxygen atoms in total. The van der Waals surface area contributed by atoms with Crippen molar-refractivity contribution in [1.82, 2.24) is 0 Å². The lowest BCUT2D eigenvalue weighted by atomic mass is 9.45. The highest BCUT2D eigenvalue weighted by molar-refractivity contribution is 6.09. The summed E-state index contributed by atoms with van der Waals surface area (Å²) in [6, 6.07) is 63.4. The van der Waals surface area contributed by atoms with Gasteiger partial charge in [-0.1, -0.05) is 170 Å². The topological polar surface area (TPSA) is 0 Å². The molecule has 0 heteroatoms. The highest BCUT2D eigenvalue weighted by atomic mass is 14.6. The van der Waals surface area contributed by atoms with Crippen LogP contribution in [0.2, 0.25) is 0 Å². The first-order valence-electron chi connectivity index (χ1n) is 15.0. The third-order valence-electron chi connectivity index (χ3n) is 9.78. The van der Waals surface area contributed by atoms with E-state index in [1.165, 1.54) is 54.9 Å². The summed E-state index contributed by atoms with van der Waals surface area (Å²) in [6.07, 6.45) is 1.99. The zero-order valence-corrected chi connectivity index (χ0v) is 23.6. The molecule has 42 heavy (non-hydrogen) atoms. The zero-order chi connectivity index (χ0) is 28.0. The molecule has 0 aliphatic heterocycles. The Morgan fingerprint density at radius 1 is 0.357 bits per heavy atom. The highest BCUT2D eigenvalue weighted by Gasteiger charge is 2.59. The summed E-state index contributed by atoms with van der Waals surface area (Å²) >= 11 is 0. The second-order valence-corrected chi connectivity index (χ2v) is 11.6. The van der Waals surface area contributed by atoms with Crippen molar-refractivity contribution in [2.75, 3.05) is 0 Å². The second kappa shape index (κ2) is 9.86. The van der Waals surface area contributed by atoms with E-state index in [1.54, 1.807) is 0 Å². The number of fused-ring (bicyclic) bond motifs is 5. The molecule has 0 amide bonds. The molecule has 0 aromatic heterocycles. The summed E-state index contributed by atoms with van der Waals surface area (Å²) in [5, 5.41) is 5.33. The first-order valence-corrected chi connectivity index (χ1v) is 15.0. The monoisotopic (exact) mass is 536 g/mol. The van der Waals surface area contributed by atoms with Gasteiger partial charge in [-0.2, -0.15) is 0 Å². The van der Waals surface area contributed by atoms with Crippen LogP contribution in [0.25, 0.3) is 21.5 Å². The van der Waals surface area contributed by atoms with Crippen LogP contribution in [0.5, 0.6) is 0 Å². The number of benzene rings is 7. The van der Waals surface area contributed by atoms with E-state index in [9.17, 15) is 0 Å². The Hall–Kier alpha value is -4.94. The van der Waals surface area contributed by atoms with E-state index in [0.717, 1.165) is 12.8 Å². The van der Waals surface area contributed by atoms with Crippen molar-refractivity contribution in [3.05, 3.63) is 203 Å². The van der Waals surface area contributed by atoms with Crippen LogP contribution in [0.3, 0.4) is 0 Å². The molecule has 0 spiro atoms. The Morgan fingerprint density at radius 2 is 0.833 bits per heavy atom. The van der Waals surface area contributed by atoms with Crippen molar-refractivity contribution < 1.29 is 0 Å². The van der Waals surface area contributed by atoms with E-state index in [1.807, 2.05) is 0 Å². The Kier molecular flexibility index (Phi) is 5.83. The lowest BCUT2D eigenvalue weighted by molar-refractivity contribution is 0.312. The normalized spacial score (nSPS) is 15.3. The standard InChI is InChI=1S/C42H32/c1-5-16-32(17-6-1)41(33-18-7-2-8-19-33)30-29-39-38-26-25-31-15-13-14-24-36(31)37(38)27-28-40(39)42(41,34-20-9-3-10-21-34)35-22-11-4-12-23-35/h1-28H,29-30H2. The van der Waals surface area contributed by atoms with Gasteiger partial charge in [-0.25, -0.2) is 0 Å². The molecular formula is C42H32. The van der Waals surface area contributed by atoms with E-state index in [4.69, 9.17) is 0 Å². The zero-order valence-electron chi connectivity index (χ0n) is 23.6. The lowest BCUT2D eigenvalue weighted by Crippen LogP contribution is -2.54. The van der Waals surface area contributed by atoms with Crippen molar-refractivity contribution in [2.24, 2.45) is 0 Å². The summed E-state index contributed by atoms with van der Waals surface area (Å²) in [6.45, 7) is 0. The van der Waals surface area contributed by atoms with Crippen LogP contribution in [0, 0.1) is 0 Å². The minimum Gasteiger partial charge on any atom is -0.0622 e. The van der Waals surface area contributed by atoms with Gasteiger partial charge in [0.15, 0.2) is 0 Å². The molecule has 200 valence electrons. The van der Waals surface area contributed by atoms with Gasteiger partial charge >= 0.3 is 0 Å². The van der Waals surface area contributed by atoms with Gasteiger partial charge in [0.05, 0.1) is 5.41 Å². The average molecular weight is 537 g/mol. The molecule has 0 bridgehead atoms. The van der Waals surface area contributed by atoms with Gasteiger partial charge in [0.25, 0.3) is 0 Å². The predicted octanol–water partition coefficient (Wildman–Crippen LogP) is 10.3. The molecule has 0 heterocycles. The van der Waals surface area contributed by atoms with Crippen LogP contribution in [0.15, 0.2) is 170 Å². The van der Waals surface area contributed by atoms with Crippen molar-refractivity contribution >= 4 is 21.5 Å². The Labute approximate surface area is 247 Å². The predicted molar refractivity (Wildman–Crippen MR) is 176 cm³/mol. The maximum atomic E-state index is 2.46. The third-order valence-corrected chi connectivity index (χ3v) is 9.78. The van der Waals surface area contributed by atoms with Gasteiger partial charge in [-0.05, 0) is 67.8 Å². The van der Waals surface area contributed by atoms with Crippen molar-refractivity contribution in [3.63, 3.8) is 0 Å². The van der Waals surface area contributed by atoms with Gasteiger partial charge < -0.3 is 0 Å². The highest BCUT2D eigenvalue weighted by Crippen LogP contribution is 2.62. The molecule has 7 aromatic rings. The molecule has 0 unspecified atom stereocenters. The number of rotatable bonds is 4. The minimum atomic E-state index is -0.467. The maximum Gasteiger partial charge on any atom is 0.0591 e. The van der Waals surface area contributed by atoms with Gasteiger partial charge in [0.1, 0.15) is 0 Å². The molecule has 0 saturated carbocycles. The largest absolute Gasteiger partial charge is 0.0622 e. The fraction of sp³-hybridized carbons (Fsp3) is 0.0952. The van der Waals surface area contributed by atoms with Crippen molar-refractivity contribution in [1.29, 1.82) is 0 Å². The van der Waals surface area contributed by atoms with E-state index in [0.29, 0.717) is 0 Å². The smallest absolute Gasteiger partial charge is 0.0591 e. The van der Waals surface area contributed by atoms with Crippen LogP contribution in [-0.2, 0) is 17.3 Å². The minimum absolute atomic E-state index is 0.338. The van der Waals surface area contributed by atoms with Crippen LogP contribution < -0.4 is 0 Å². The van der Waals surface area contributed by atoms with Crippen molar-refractivity contribution in [2.45, 2.75) is 23.7 Å². The quantitative estimate of drug-likeness (QED) is 0.196. The Bertz CT molecular complexity index is 1930. The van der Waals surface area contributed by atoms with Crippen LogP contribution >= 0.6 is 0 Å². The number of hydrogen-bond acceptors (Lipinski definition) is 0. The van der Waals surface area contributed by atoms with Gasteiger partial charge in [-0.3, -0.25) is 0 Å². The molecule has 0 radical (unpaired) electrons. The van der Waals surface area contributed by atoms with E-state index >= 15 is 0 Å². The first-order chi connectivity index (χ1) is 20.8. The van der Waals surface area contributed by atoms with Gasteiger partial charge in [0, 0.05) is 5.41 Å². The molecule has 1 aliphatic rings. The molecule has 0 saturated heterocycles. The molecule has 0 N–H and O–H groups in total. The molecule has 8 rings (SSSR count). The first kappa shape index (κ1) is 24.8. The average Bonchev–Trinajstić information content (AvgIpc) is 3.09. The van der Waals surface area contributed by atoms with E-state index in [2.05, 4.69) is 170 Å². The lowest BCUT2D eigenvalue weighted by Gasteiger charge is -2.56. The summed E-state index contributed by atoms with van der Waals surface area (Å²) in [4.78, 5) is 0. The van der Waals surface area contributed by atoms with Crippen LogP contribution in [0.1, 0.15) is 39.8 Å². The van der Waals surface area contributed by atoms with Gasteiger partial charge in [-0.15, -0.1) is 0 Å². The van der Waals surface area contributed by atoms with Crippen LogP contribution in [-0.4, -0.2) is 0 Å². The Balaban J connectivity index is 1.60. The molecule has 1 aliphatic carbocycles. The second-order valence-electron chi connectivity index (χ2n) is 11.6. The SMILES string of the molecule is c1ccc(C2(c3ccccc3)CCc3c(ccc4c3ccc3ccccc34)C2(c2ccccc2)c2ccccc2)cc1.